The normalized spacial score (nSPS) is 18.1. The van der Waals surface area contributed by atoms with Gasteiger partial charge in [-0.15, -0.1) is 0 Å². The molecule has 0 aromatic heterocycles. The highest BCUT2D eigenvalue weighted by Gasteiger charge is 2.31. The molecule has 0 saturated heterocycles. The largest absolute Gasteiger partial charge is 0.0955 e. The summed E-state index contributed by atoms with van der Waals surface area (Å²) in [4.78, 5) is 0. The summed E-state index contributed by atoms with van der Waals surface area (Å²) in [6.07, 6.45) is 2.51. The lowest BCUT2D eigenvalue weighted by molar-refractivity contribution is 0.437. The molecule has 0 fully saturated rings. The second kappa shape index (κ2) is 5.36. The van der Waals surface area contributed by atoms with E-state index in [1.54, 1.807) is 5.57 Å². The van der Waals surface area contributed by atoms with E-state index in [0.29, 0.717) is 5.92 Å². The Kier molecular flexibility index (Phi) is 3.99. The molecular formula is C19H26. The lowest BCUT2D eigenvalue weighted by Gasteiger charge is -2.24. The molecule has 0 heteroatoms. The highest BCUT2D eigenvalue weighted by Crippen LogP contribution is 2.47. The van der Waals surface area contributed by atoms with Gasteiger partial charge < -0.3 is 0 Å². The smallest absolute Gasteiger partial charge is 0.00856 e. The Hall–Kier alpha value is -1.30. The van der Waals surface area contributed by atoms with Crippen LogP contribution in [0.1, 0.15) is 70.1 Å². The molecule has 19 heavy (non-hydrogen) atoms. The molecule has 0 spiro atoms. The number of fused-ring (bicyclic) bond motifs is 1. The van der Waals surface area contributed by atoms with Gasteiger partial charge in [-0.25, -0.2) is 0 Å². The standard InChI is InChI=1S/C19H26/c1-7-15(8-2)19-14(6)13(5)17-10-9-16(12(3)4)11-18(17)19/h9-11,15,19H,3,7-8H2,1-2,4-6H3. The molecule has 102 valence electrons. The topological polar surface area (TPSA) is 0 Å². The van der Waals surface area contributed by atoms with Gasteiger partial charge in [0, 0.05) is 5.92 Å². The maximum absolute atomic E-state index is 4.09. The van der Waals surface area contributed by atoms with Crippen LogP contribution < -0.4 is 0 Å². The summed E-state index contributed by atoms with van der Waals surface area (Å²) < 4.78 is 0. The van der Waals surface area contributed by atoms with E-state index in [-0.39, 0.29) is 0 Å². The van der Waals surface area contributed by atoms with Gasteiger partial charge in [0.2, 0.25) is 0 Å². The molecule has 0 radical (unpaired) electrons. The number of benzene rings is 1. The van der Waals surface area contributed by atoms with Gasteiger partial charge in [-0.3, -0.25) is 0 Å². The molecule has 0 N–H and O–H groups in total. The second-order valence-corrected chi connectivity index (χ2v) is 5.94. The molecule has 0 amide bonds. The average molecular weight is 254 g/mol. The van der Waals surface area contributed by atoms with Crippen molar-refractivity contribution in [3.63, 3.8) is 0 Å². The van der Waals surface area contributed by atoms with Gasteiger partial charge in [0.1, 0.15) is 0 Å². The predicted molar refractivity (Wildman–Crippen MR) is 86.2 cm³/mol. The zero-order valence-corrected chi connectivity index (χ0v) is 13.0. The summed E-state index contributed by atoms with van der Waals surface area (Å²) in [5.74, 6) is 1.38. The molecule has 1 atom stereocenters. The molecule has 1 aromatic rings. The van der Waals surface area contributed by atoms with E-state index in [1.807, 2.05) is 0 Å². The zero-order chi connectivity index (χ0) is 14.2. The van der Waals surface area contributed by atoms with Gasteiger partial charge in [0.25, 0.3) is 0 Å². The first kappa shape index (κ1) is 14.1. The quantitative estimate of drug-likeness (QED) is 0.614. The van der Waals surface area contributed by atoms with Crippen molar-refractivity contribution in [3.8, 4) is 0 Å². The second-order valence-electron chi connectivity index (χ2n) is 5.94. The third kappa shape index (κ3) is 2.29. The summed E-state index contributed by atoms with van der Waals surface area (Å²) >= 11 is 0. The summed E-state index contributed by atoms with van der Waals surface area (Å²) in [6, 6.07) is 6.88. The monoisotopic (exact) mass is 254 g/mol. The molecule has 0 aliphatic heterocycles. The average Bonchev–Trinajstić information content (AvgIpc) is 2.65. The molecule has 1 aliphatic carbocycles. The van der Waals surface area contributed by atoms with Gasteiger partial charge >= 0.3 is 0 Å². The third-order valence-corrected chi connectivity index (χ3v) is 4.86. The Balaban J connectivity index is 2.55. The van der Waals surface area contributed by atoms with Crippen LogP contribution >= 0.6 is 0 Å². The van der Waals surface area contributed by atoms with Crippen LogP contribution in [0, 0.1) is 5.92 Å². The van der Waals surface area contributed by atoms with Gasteiger partial charge in [0.15, 0.2) is 0 Å². The Morgan fingerprint density at radius 3 is 2.37 bits per heavy atom. The van der Waals surface area contributed by atoms with Crippen LogP contribution in [-0.4, -0.2) is 0 Å². The summed E-state index contributed by atoms with van der Waals surface area (Å²) in [5.41, 5.74) is 8.50. The zero-order valence-electron chi connectivity index (χ0n) is 13.0. The molecule has 2 rings (SSSR count). The van der Waals surface area contributed by atoms with Gasteiger partial charge in [0.05, 0.1) is 0 Å². The molecule has 0 saturated carbocycles. The molecule has 1 unspecified atom stereocenters. The Morgan fingerprint density at radius 2 is 1.84 bits per heavy atom. The summed E-state index contributed by atoms with van der Waals surface area (Å²) in [5, 5.41) is 0. The fourth-order valence-electron chi connectivity index (χ4n) is 3.47. The van der Waals surface area contributed by atoms with Crippen LogP contribution in [0.4, 0.5) is 0 Å². The highest BCUT2D eigenvalue weighted by atomic mass is 14.3. The van der Waals surface area contributed by atoms with Crippen molar-refractivity contribution in [3.05, 3.63) is 47.0 Å². The lowest BCUT2D eigenvalue weighted by atomic mass is 9.80. The van der Waals surface area contributed by atoms with E-state index in [0.717, 1.165) is 11.5 Å². The fourth-order valence-corrected chi connectivity index (χ4v) is 3.47. The van der Waals surface area contributed by atoms with Crippen molar-refractivity contribution in [1.29, 1.82) is 0 Å². The van der Waals surface area contributed by atoms with E-state index in [4.69, 9.17) is 0 Å². The third-order valence-electron chi connectivity index (χ3n) is 4.86. The molecule has 0 bridgehead atoms. The minimum Gasteiger partial charge on any atom is -0.0955 e. The van der Waals surface area contributed by atoms with Gasteiger partial charge in [-0.1, -0.05) is 62.6 Å². The molecule has 1 aromatic carbocycles. The van der Waals surface area contributed by atoms with Crippen LogP contribution in [0.3, 0.4) is 0 Å². The van der Waals surface area contributed by atoms with E-state index < -0.39 is 0 Å². The van der Waals surface area contributed by atoms with Crippen LogP contribution in [-0.2, 0) is 0 Å². The van der Waals surface area contributed by atoms with Crippen LogP contribution in [0.5, 0.6) is 0 Å². The lowest BCUT2D eigenvalue weighted by Crippen LogP contribution is -2.11. The van der Waals surface area contributed by atoms with Crippen molar-refractivity contribution >= 4 is 11.1 Å². The predicted octanol–water partition coefficient (Wildman–Crippen LogP) is 6.05. The number of hydrogen-bond acceptors (Lipinski definition) is 0. The SMILES string of the molecule is C=C(C)c1ccc2c(c1)C(C(CC)CC)C(C)=C2C. The number of allylic oxidation sites excluding steroid dienone is 3. The maximum Gasteiger partial charge on any atom is 0.00856 e. The summed E-state index contributed by atoms with van der Waals surface area (Å²) in [7, 11) is 0. The first-order valence-corrected chi connectivity index (χ1v) is 7.48. The fraction of sp³-hybridized carbons (Fsp3) is 0.474. The van der Waals surface area contributed by atoms with Crippen molar-refractivity contribution in [2.75, 3.05) is 0 Å². The molecule has 0 nitrogen and oxygen atoms in total. The summed E-state index contributed by atoms with van der Waals surface area (Å²) in [6.45, 7) is 15.4. The van der Waals surface area contributed by atoms with Crippen molar-refractivity contribution in [2.45, 2.75) is 53.4 Å². The van der Waals surface area contributed by atoms with Crippen LogP contribution in [0.2, 0.25) is 0 Å². The van der Waals surface area contributed by atoms with E-state index >= 15 is 0 Å². The van der Waals surface area contributed by atoms with E-state index in [9.17, 15) is 0 Å². The Morgan fingerprint density at radius 1 is 1.21 bits per heavy atom. The van der Waals surface area contributed by atoms with Crippen molar-refractivity contribution in [2.24, 2.45) is 5.92 Å². The maximum atomic E-state index is 4.09. The molecule has 0 heterocycles. The highest BCUT2D eigenvalue weighted by molar-refractivity contribution is 5.79. The van der Waals surface area contributed by atoms with Gasteiger partial charge in [-0.2, -0.15) is 0 Å². The van der Waals surface area contributed by atoms with Crippen molar-refractivity contribution < 1.29 is 0 Å². The van der Waals surface area contributed by atoms with Crippen LogP contribution in [0.25, 0.3) is 11.1 Å². The first-order chi connectivity index (χ1) is 9.01. The van der Waals surface area contributed by atoms with E-state index in [2.05, 4.69) is 59.4 Å². The minimum atomic E-state index is 0.615. The minimum absolute atomic E-state index is 0.615. The Labute approximate surface area is 118 Å². The van der Waals surface area contributed by atoms with E-state index in [1.165, 1.54) is 35.1 Å². The first-order valence-electron chi connectivity index (χ1n) is 7.48. The van der Waals surface area contributed by atoms with Crippen LogP contribution in [0.15, 0.2) is 30.4 Å². The number of hydrogen-bond donors (Lipinski definition) is 0. The Bertz CT molecular complexity index is 527. The number of rotatable bonds is 4. The van der Waals surface area contributed by atoms with Gasteiger partial charge in [-0.05, 0) is 49.0 Å². The molecule has 1 aliphatic rings. The van der Waals surface area contributed by atoms with Crippen molar-refractivity contribution in [1.82, 2.24) is 0 Å². The molecular weight excluding hydrogens is 228 g/mol.